The average molecular weight is 225 g/mol. The van der Waals surface area contributed by atoms with Gasteiger partial charge in [0.15, 0.2) is 0 Å². The van der Waals surface area contributed by atoms with Crippen molar-refractivity contribution in [3.8, 4) is 11.5 Å². The van der Waals surface area contributed by atoms with Gasteiger partial charge in [0, 0.05) is 6.42 Å². The van der Waals surface area contributed by atoms with Crippen LogP contribution in [-0.4, -0.2) is 31.3 Å². The summed E-state index contributed by atoms with van der Waals surface area (Å²) in [5.41, 5.74) is 6.15. The van der Waals surface area contributed by atoms with Crippen LogP contribution in [0.1, 0.15) is 5.56 Å². The molecule has 5 heteroatoms. The van der Waals surface area contributed by atoms with E-state index in [9.17, 15) is 9.90 Å². The SMILES string of the molecule is COC(=O)[C@H](N)Cc1cc(OC)ccc1O. The van der Waals surface area contributed by atoms with E-state index in [1.807, 2.05) is 0 Å². The van der Waals surface area contributed by atoms with E-state index in [0.717, 1.165) is 0 Å². The minimum atomic E-state index is -0.789. The molecule has 0 fully saturated rings. The molecule has 3 N–H and O–H groups in total. The van der Waals surface area contributed by atoms with E-state index >= 15 is 0 Å². The summed E-state index contributed by atoms with van der Waals surface area (Å²) in [6.45, 7) is 0. The summed E-state index contributed by atoms with van der Waals surface area (Å²) in [6, 6.07) is 3.97. The van der Waals surface area contributed by atoms with Gasteiger partial charge in [-0.1, -0.05) is 0 Å². The number of phenolic OH excluding ortho intramolecular Hbond substituents is 1. The van der Waals surface area contributed by atoms with E-state index in [0.29, 0.717) is 11.3 Å². The van der Waals surface area contributed by atoms with Crippen molar-refractivity contribution in [2.45, 2.75) is 12.5 Å². The first-order chi connectivity index (χ1) is 7.58. The topological polar surface area (TPSA) is 81.8 Å². The number of rotatable bonds is 4. The summed E-state index contributed by atoms with van der Waals surface area (Å²) in [7, 11) is 2.80. The van der Waals surface area contributed by atoms with E-state index in [1.54, 1.807) is 12.1 Å². The maximum absolute atomic E-state index is 11.1. The first-order valence-corrected chi connectivity index (χ1v) is 4.77. The molecule has 0 unspecified atom stereocenters. The minimum Gasteiger partial charge on any atom is -0.508 e. The Labute approximate surface area is 93.8 Å². The minimum absolute atomic E-state index is 0.0835. The zero-order valence-electron chi connectivity index (χ0n) is 9.27. The maximum Gasteiger partial charge on any atom is 0.322 e. The number of phenols is 1. The lowest BCUT2D eigenvalue weighted by atomic mass is 10.1. The quantitative estimate of drug-likeness (QED) is 0.727. The van der Waals surface area contributed by atoms with Crippen LogP contribution < -0.4 is 10.5 Å². The van der Waals surface area contributed by atoms with Crippen molar-refractivity contribution in [1.82, 2.24) is 0 Å². The lowest BCUT2D eigenvalue weighted by Crippen LogP contribution is -2.33. The van der Waals surface area contributed by atoms with E-state index in [2.05, 4.69) is 4.74 Å². The molecule has 0 amide bonds. The number of hydrogen-bond donors (Lipinski definition) is 2. The molecule has 1 aromatic rings. The third-order valence-corrected chi connectivity index (χ3v) is 2.23. The highest BCUT2D eigenvalue weighted by molar-refractivity contribution is 5.75. The van der Waals surface area contributed by atoms with Gasteiger partial charge in [-0.25, -0.2) is 0 Å². The fourth-order valence-electron chi connectivity index (χ4n) is 1.32. The molecule has 0 heterocycles. The van der Waals surface area contributed by atoms with Crippen molar-refractivity contribution >= 4 is 5.97 Å². The standard InChI is InChI=1S/C11H15NO4/c1-15-8-3-4-10(13)7(5-8)6-9(12)11(14)16-2/h3-5,9,13H,6,12H2,1-2H3/t9-/m1/s1. The first-order valence-electron chi connectivity index (χ1n) is 4.77. The van der Waals surface area contributed by atoms with Crippen LogP contribution in [0.2, 0.25) is 0 Å². The van der Waals surface area contributed by atoms with Gasteiger partial charge in [-0.2, -0.15) is 0 Å². The molecule has 0 aliphatic heterocycles. The third-order valence-electron chi connectivity index (χ3n) is 2.23. The van der Waals surface area contributed by atoms with Gasteiger partial charge < -0.3 is 20.3 Å². The molecular formula is C11H15NO4. The third kappa shape index (κ3) is 2.87. The predicted octanol–water partition coefficient (Wildman–Crippen LogP) is 0.444. The predicted molar refractivity (Wildman–Crippen MR) is 58.4 cm³/mol. The van der Waals surface area contributed by atoms with Gasteiger partial charge in [-0.05, 0) is 23.8 Å². The number of ether oxygens (including phenoxy) is 2. The Morgan fingerprint density at radius 3 is 2.75 bits per heavy atom. The van der Waals surface area contributed by atoms with Crippen molar-refractivity contribution in [2.24, 2.45) is 5.73 Å². The number of carbonyl (C=O) groups is 1. The number of carbonyl (C=O) groups excluding carboxylic acids is 1. The fourth-order valence-corrected chi connectivity index (χ4v) is 1.32. The van der Waals surface area contributed by atoms with Gasteiger partial charge in [-0.3, -0.25) is 4.79 Å². The molecule has 0 saturated heterocycles. The Morgan fingerprint density at radius 1 is 1.50 bits per heavy atom. The summed E-state index contributed by atoms with van der Waals surface area (Å²) >= 11 is 0. The molecule has 0 saturated carbocycles. The summed E-state index contributed by atoms with van der Waals surface area (Å²) in [6.07, 6.45) is 0.204. The Balaban J connectivity index is 2.83. The molecule has 0 aliphatic rings. The fraction of sp³-hybridized carbons (Fsp3) is 0.364. The largest absolute Gasteiger partial charge is 0.508 e. The maximum atomic E-state index is 11.1. The van der Waals surface area contributed by atoms with Gasteiger partial charge >= 0.3 is 5.97 Å². The molecule has 5 nitrogen and oxygen atoms in total. The van der Waals surface area contributed by atoms with Crippen molar-refractivity contribution in [3.05, 3.63) is 23.8 Å². The zero-order valence-corrected chi connectivity index (χ0v) is 9.27. The highest BCUT2D eigenvalue weighted by Crippen LogP contribution is 2.23. The summed E-state index contributed by atoms with van der Waals surface area (Å²) < 4.78 is 9.51. The molecule has 88 valence electrons. The normalized spacial score (nSPS) is 11.9. The van der Waals surface area contributed by atoms with E-state index in [-0.39, 0.29) is 12.2 Å². The van der Waals surface area contributed by atoms with Gasteiger partial charge in [0.05, 0.1) is 14.2 Å². The van der Waals surface area contributed by atoms with Crippen LogP contribution in [0.5, 0.6) is 11.5 Å². The van der Waals surface area contributed by atoms with Gasteiger partial charge in [0.25, 0.3) is 0 Å². The summed E-state index contributed by atoms with van der Waals surface area (Å²) in [5, 5.41) is 9.57. The molecule has 1 atom stereocenters. The smallest absolute Gasteiger partial charge is 0.322 e. The highest BCUT2D eigenvalue weighted by Gasteiger charge is 2.16. The van der Waals surface area contributed by atoms with E-state index in [1.165, 1.54) is 20.3 Å². The Hall–Kier alpha value is -1.75. The van der Waals surface area contributed by atoms with Gasteiger partial charge in [-0.15, -0.1) is 0 Å². The number of methoxy groups -OCH3 is 2. The Kier molecular flexibility index (Phi) is 4.13. The van der Waals surface area contributed by atoms with Crippen molar-refractivity contribution < 1.29 is 19.4 Å². The monoisotopic (exact) mass is 225 g/mol. The van der Waals surface area contributed by atoms with Crippen molar-refractivity contribution in [3.63, 3.8) is 0 Å². The first kappa shape index (κ1) is 12.3. The summed E-state index contributed by atoms with van der Waals surface area (Å²) in [5.74, 6) is 0.173. The molecule has 0 aromatic heterocycles. The van der Waals surface area contributed by atoms with Crippen LogP contribution in [-0.2, 0) is 16.0 Å². The van der Waals surface area contributed by atoms with Crippen LogP contribution in [0.15, 0.2) is 18.2 Å². The van der Waals surface area contributed by atoms with Crippen molar-refractivity contribution in [1.29, 1.82) is 0 Å². The lowest BCUT2D eigenvalue weighted by Gasteiger charge is -2.11. The van der Waals surface area contributed by atoms with Crippen LogP contribution in [0.3, 0.4) is 0 Å². The molecule has 1 rings (SSSR count). The van der Waals surface area contributed by atoms with Crippen LogP contribution in [0.25, 0.3) is 0 Å². The van der Waals surface area contributed by atoms with Crippen molar-refractivity contribution in [2.75, 3.05) is 14.2 Å². The highest BCUT2D eigenvalue weighted by atomic mass is 16.5. The second-order valence-corrected chi connectivity index (χ2v) is 3.33. The van der Waals surface area contributed by atoms with Crippen LogP contribution in [0, 0.1) is 0 Å². The number of aromatic hydroxyl groups is 1. The molecule has 0 spiro atoms. The Bertz CT molecular complexity index is 378. The molecule has 1 aromatic carbocycles. The zero-order chi connectivity index (χ0) is 12.1. The Morgan fingerprint density at radius 2 is 2.19 bits per heavy atom. The summed E-state index contributed by atoms with van der Waals surface area (Å²) in [4.78, 5) is 11.1. The van der Waals surface area contributed by atoms with Crippen LogP contribution >= 0.6 is 0 Å². The second-order valence-electron chi connectivity index (χ2n) is 3.33. The molecule has 0 radical (unpaired) electrons. The van der Waals surface area contributed by atoms with Crippen LogP contribution in [0.4, 0.5) is 0 Å². The number of hydrogen-bond acceptors (Lipinski definition) is 5. The lowest BCUT2D eigenvalue weighted by molar-refractivity contribution is -0.142. The molecule has 0 aliphatic carbocycles. The van der Waals surface area contributed by atoms with E-state index < -0.39 is 12.0 Å². The number of benzene rings is 1. The number of esters is 1. The second kappa shape index (κ2) is 5.37. The van der Waals surface area contributed by atoms with Gasteiger partial charge in [0.1, 0.15) is 17.5 Å². The number of nitrogens with two attached hydrogens (primary N) is 1. The van der Waals surface area contributed by atoms with E-state index in [4.69, 9.17) is 10.5 Å². The molecule has 0 bridgehead atoms. The van der Waals surface area contributed by atoms with Gasteiger partial charge in [0.2, 0.25) is 0 Å². The molecule has 16 heavy (non-hydrogen) atoms. The molecular weight excluding hydrogens is 210 g/mol. The average Bonchev–Trinajstić information content (AvgIpc) is 2.30.